The number of ether oxygens (including phenoxy) is 1. The third kappa shape index (κ3) is 11.6. The second kappa shape index (κ2) is 15.7. The van der Waals surface area contributed by atoms with E-state index in [1.807, 2.05) is 93.6 Å². The number of carbonyl (C=O) groups excluding carboxylic acids is 2. The maximum atomic E-state index is 13.9. The van der Waals surface area contributed by atoms with Crippen molar-refractivity contribution in [3.05, 3.63) is 77.9 Å². The van der Waals surface area contributed by atoms with Crippen LogP contribution in [0.1, 0.15) is 78.4 Å². The lowest BCUT2D eigenvalue weighted by molar-refractivity contribution is -0.164. The topological polar surface area (TPSA) is 92.8 Å². The van der Waals surface area contributed by atoms with E-state index in [-0.39, 0.29) is 24.6 Å². The first kappa shape index (κ1) is 33.2. The van der Waals surface area contributed by atoms with Crippen molar-refractivity contribution in [3.8, 4) is 0 Å². The molecular formula is C32H46N2O5S. The number of hydrogen-bond donors (Lipinski definition) is 1. The Hall–Kier alpha value is -2.97. The molecule has 8 heteroatoms. The summed E-state index contributed by atoms with van der Waals surface area (Å²) in [5.41, 5.74) is 3.69. The molecule has 220 valence electrons. The molecule has 2 rings (SSSR count). The molecule has 0 saturated carbocycles. The van der Waals surface area contributed by atoms with E-state index in [1.54, 1.807) is 20.8 Å². The first-order valence-corrected chi connectivity index (χ1v) is 15.7. The molecule has 0 heterocycles. The molecule has 0 aliphatic heterocycles. The number of nitrogens with one attached hydrogen (secondary N) is 1. The molecular weight excluding hydrogens is 524 g/mol. The van der Waals surface area contributed by atoms with Gasteiger partial charge in [-0.05, 0) is 57.1 Å². The Bertz CT molecular complexity index is 1190. The maximum absolute atomic E-state index is 13.9. The first-order valence-electron chi connectivity index (χ1n) is 14.1. The third-order valence-corrected chi connectivity index (χ3v) is 7.95. The molecule has 0 spiro atoms. The van der Waals surface area contributed by atoms with Gasteiger partial charge in [0.1, 0.15) is 5.60 Å². The Kier molecular flexibility index (Phi) is 13.1. The van der Waals surface area contributed by atoms with E-state index < -0.39 is 39.3 Å². The average molecular weight is 571 g/mol. The summed E-state index contributed by atoms with van der Waals surface area (Å²) in [5.74, 6) is -2.57. The van der Waals surface area contributed by atoms with E-state index in [0.29, 0.717) is 19.3 Å². The zero-order valence-electron chi connectivity index (χ0n) is 24.8. The van der Waals surface area contributed by atoms with Gasteiger partial charge in [-0.3, -0.25) is 15.0 Å². The van der Waals surface area contributed by atoms with E-state index in [1.165, 1.54) is 0 Å². The van der Waals surface area contributed by atoms with Gasteiger partial charge in [0.05, 0.1) is 24.1 Å². The van der Waals surface area contributed by atoms with Crippen LogP contribution < -0.4 is 5.43 Å². The number of sulfonamides is 1. The van der Waals surface area contributed by atoms with Crippen molar-refractivity contribution < 1.29 is 22.7 Å². The third-order valence-electron chi connectivity index (χ3n) is 6.25. The number of unbranched alkanes of at least 4 members (excludes halogenated alkanes) is 1. The minimum absolute atomic E-state index is 0.00194. The molecule has 40 heavy (non-hydrogen) atoms. The van der Waals surface area contributed by atoms with Gasteiger partial charge in [0.2, 0.25) is 15.9 Å². The molecule has 2 aromatic carbocycles. The lowest BCUT2D eigenvalue weighted by Crippen LogP contribution is -2.50. The molecule has 7 nitrogen and oxygen atoms in total. The fourth-order valence-electron chi connectivity index (χ4n) is 4.28. The zero-order chi connectivity index (χ0) is 29.8. The smallest absolute Gasteiger partial charge is 0.310 e. The van der Waals surface area contributed by atoms with Crippen LogP contribution in [-0.4, -0.2) is 36.1 Å². The van der Waals surface area contributed by atoms with Crippen LogP contribution in [0.3, 0.4) is 0 Å². The monoisotopic (exact) mass is 570 g/mol. The number of allylic oxidation sites excluding steroid dienone is 1. The minimum Gasteiger partial charge on any atom is -0.460 e. The number of amides is 1. The van der Waals surface area contributed by atoms with Crippen molar-refractivity contribution in [1.29, 1.82) is 0 Å². The molecule has 1 amide bonds. The Morgan fingerprint density at radius 2 is 1.57 bits per heavy atom. The molecule has 2 atom stereocenters. The molecule has 2 aromatic rings. The van der Waals surface area contributed by atoms with Crippen LogP contribution in [0.15, 0.2) is 66.7 Å². The molecule has 0 aliphatic carbocycles. The minimum atomic E-state index is -3.80. The first-order chi connectivity index (χ1) is 18.8. The fourth-order valence-corrected chi connectivity index (χ4v) is 5.73. The highest BCUT2D eigenvalue weighted by Crippen LogP contribution is 2.28. The highest BCUT2D eigenvalue weighted by Gasteiger charge is 2.38. The van der Waals surface area contributed by atoms with Gasteiger partial charge in [-0.25, -0.2) is 8.42 Å². The number of benzene rings is 2. The van der Waals surface area contributed by atoms with Gasteiger partial charge in [0.15, 0.2) is 0 Å². The van der Waals surface area contributed by atoms with Gasteiger partial charge in [-0.2, -0.15) is 0 Å². The Morgan fingerprint density at radius 3 is 2.12 bits per heavy atom. The summed E-state index contributed by atoms with van der Waals surface area (Å²) in [6, 6.07) is 18.8. The Balaban J connectivity index is 2.42. The fraction of sp³-hybridized carbons (Fsp3) is 0.500. The van der Waals surface area contributed by atoms with Crippen LogP contribution in [0.2, 0.25) is 0 Å². The predicted molar refractivity (Wildman–Crippen MR) is 161 cm³/mol. The number of carbonyl (C=O) groups is 2. The number of hydrogen-bond acceptors (Lipinski definition) is 5. The van der Waals surface area contributed by atoms with Crippen LogP contribution in [0.4, 0.5) is 0 Å². The number of nitrogens with zero attached hydrogens (tertiary/aromatic N) is 1. The van der Waals surface area contributed by atoms with E-state index in [2.05, 4.69) is 5.43 Å². The summed E-state index contributed by atoms with van der Waals surface area (Å²) in [4.78, 5) is 27.4. The van der Waals surface area contributed by atoms with Crippen LogP contribution in [0.25, 0.3) is 6.08 Å². The van der Waals surface area contributed by atoms with Crippen LogP contribution in [-0.2, 0) is 30.9 Å². The zero-order valence-corrected chi connectivity index (χ0v) is 25.6. The standard InChI is InChI=1S/C32H46N2O5S/c1-7-8-22-40(37,38)34(24-27-18-13-10-14-19-27)33-30(35)29(23-25(2)3)28(31(36)39-32(4,5)6)21-15-20-26-16-11-9-12-17-26/h9-20,25,28-29H,7-8,21-24H2,1-6H3,(H,33,35)/t28-,29+/m0/s1. The van der Waals surface area contributed by atoms with Gasteiger partial charge >= 0.3 is 5.97 Å². The summed E-state index contributed by atoms with van der Waals surface area (Å²) in [5, 5.41) is 0. The van der Waals surface area contributed by atoms with Gasteiger partial charge in [0, 0.05) is 0 Å². The van der Waals surface area contributed by atoms with Crippen molar-refractivity contribution >= 4 is 28.0 Å². The molecule has 0 saturated heterocycles. The largest absolute Gasteiger partial charge is 0.460 e. The van der Waals surface area contributed by atoms with Crippen molar-refractivity contribution in [2.75, 3.05) is 5.75 Å². The average Bonchev–Trinajstić information content (AvgIpc) is 2.88. The maximum Gasteiger partial charge on any atom is 0.310 e. The summed E-state index contributed by atoms with van der Waals surface area (Å²) >= 11 is 0. The van der Waals surface area contributed by atoms with Crippen LogP contribution in [0, 0.1) is 17.8 Å². The van der Waals surface area contributed by atoms with Gasteiger partial charge in [-0.1, -0.05) is 100 Å². The van der Waals surface area contributed by atoms with Gasteiger partial charge in [-0.15, -0.1) is 4.41 Å². The molecule has 0 bridgehead atoms. The predicted octanol–water partition coefficient (Wildman–Crippen LogP) is 6.37. The number of esters is 1. The molecule has 1 N–H and O–H groups in total. The summed E-state index contributed by atoms with van der Waals surface area (Å²) < 4.78 is 33.4. The summed E-state index contributed by atoms with van der Waals surface area (Å²) in [6.07, 6.45) is 5.64. The molecule has 0 aromatic heterocycles. The highest BCUT2D eigenvalue weighted by molar-refractivity contribution is 7.89. The van der Waals surface area contributed by atoms with Gasteiger partial charge < -0.3 is 4.74 Å². The van der Waals surface area contributed by atoms with Crippen molar-refractivity contribution in [3.63, 3.8) is 0 Å². The molecule has 0 aliphatic rings. The Labute approximate surface area is 241 Å². The SMILES string of the molecule is CCCCS(=O)(=O)N(Cc1ccccc1)NC(=O)[C@H](CC(C)C)[C@H](CC=Cc1ccccc1)C(=O)OC(C)(C)C. The number of hydrazine groups is 1. The Morgan fingerprint density at radius 1 is 0.975 bits per heavy atom. The van der Waals surface area contributed by atoms with Crippen molar-refractivity contribution in [2.24, 2.45) is 17.8 Å². The number of rotatable bonds is 15. The second-order valence-electron chi connectivity index (χ2n) is 11.6. The normalized spacial score (nSPS) is 13.9. The summed E-state index contributed by atoms with van der Waals surface area (Å²) in [7, 11) is -3.80. The lowest BCUT2D eigenvalue weighted by atomic mass is 9.82. The molecule has 0 fully saturated rings. The summed E-state index contributed by atoms with van der Waals surface area (Å²) in [6.45, 7) is 11.3. The van der Waals surface area contributed by atoms with E-state index >= 15 is 0 Å². The van der Waals surface area contributed by atoms with E-state index in [0.717, 1.165) is 15.5 Å². The van der Waals surface area contributed by atoms with E-state index in [9.17, 15) is 18.0 Å². The highest BCUT2D eigenvalue weighted by atomic mass is 32.2. The molecule has 0 unspecified atom stereocenters. The van der Waals surface area contributed by atoms with Crippen LogP contribution in [0.5, 0.6) is 0 Å². The van der Waals surface area contributed by atoms with Crippen molar-refractivity contribution in [2.45, 2.75) is 79.4 Å². The second-order valence-corrected chi connectivity index (χ2v) is 13.6. The van der Waals surface area contributed by atoms with Crippen molar-refractivity contribution in [1.82, 2.24) is 9.84 Å². The van der Waals surface area contributed by atoms with Gasteiger partial charge in [0.25, 0.3) is 0 Å². The van der Waals surface area contributed by atoms with E-state index in [4.69, 9.17) is 4.74 Å². The van der Waals surface area contributed by atoms with Crippen LogP contribution >= 0.6 is 0 Å². The molecule has 0 radical (unpaired) electrons. The quantitative estimate of drug-likeness (QED) is 0.198. The lowest BCUT2D eigenvalue weighted by Gasteiger charge is -2.31.